The second-order valence-corrected chi connectivity index (χ2v) is 11.2. The third kappa shape index (κ3) is 4.52. The number of benzene rings is 2. The van der Waals surface area contributed by atoms with E-state index in [2.05, 4.69) is 5.32 Å². The number of carbonyl (C=O) groups excluding carboxylic acids is 3. The van der Waals surface area contributed by atoms with Gasteiger partial charge >= 0.3 is 0 Å². The number of halogens is 1. The minimum atomic E-state index is -0.937. The minimum absolute atomic E-state index is 0.00217. The normalized spacial score (nSPS) is 24.0. The summed E-state index contributed by atoms with van der Waals surface area (Å²) in [6.07, 6.45) is 2.40. The highest BCUT2D eigenvalue weighted by Gasteiger charge is 2.51. The molecule has 3 amide bonds. The van der Waals surface area contributed by atoms with Crippen molar-refractivity contribution in [2.45, 2.75) is 63.6 Å². The average molecular weight is 508 g/mol. The smallest absolute Gasteiger partial charge is 0.254 e. The quantitative estimate of drug-likeness (QED) is 0.600. The highest BCUT2D eigenvalue weighted by molar-refractivity contribution is 5.99. The van der Waals surface area contributed by atoms with E-state index in [4.69, 9.17) is 10.5 Å². The van der Waals surface area contributed by atoms with Crippen LogP contribution in [0.4, 0.5) is 4.39 Å². The first-order chi connectivity index (χ1) is 17.6. The van der Waals surface area contributed by atoms with Crippen molar-refractivity contribution in [3.8, 4) is 0 Å². The molecule has 2 aromatic rings. The summed E-state index contributed by atoms with van der Waals surface area (Å²) in [6.45, 7) is 6.16. The molecule has 7 nitrogen and oxygen atoms in total. The van der Waals surface area contributed by atoms with Crippen molar-refractivity contribution in [1.82, 2.24) is 10.2 Å². The van der Waals surface area contributed by atoms with Gasteiger partial charge in [0, 0.05) is 23.1 Å². The first-order valence-electron chi connectivity index (χ1n) is 12.9. The average Bonchev–Trinajstić information content (AvgIpc) is 3.07. The van der Waals surface area contributed by atoms with Gasteiger partial charge in [0.15, 0.2) is 0 Å². The molecule has 0 spiro atoms. The lowest BCUT2D eigenvalue weighted by molar-refractivity contribution is -0.128. The van der Waals surface area contributed by atoms with Crippen molar-refractivity contribution in [3.05, 3.63) is 70.5 Å². The fourth-order valence-electron chi connectivity index (χ4n) is 5.71. The molecular formula is C29H34FN3O4. The third-order valence-corrected chi connectivity index (χ3v) is 8.50. The molecule has 0 bridgehead atoms. The number of likely N-dealkylation sites (tertiary alicyclic amines) is 1. The van der Waals surface area contributed by atoms with Gasteiger partial charge in [0.1, 0.15) is 11.9 Å². The molecule has 37 heavy (non-hydrogen) atoms. The van der Waals surface area contributed by atoms with Crippen LogP contribution in [0.25, 0.3) is 0 Å². The second-order valence-electron chi connectivity index (χ2n) is 11.2. The molecule has 0 aromatic heterocycles. The van der Waals surface area contributed by atoms with Gasteiger partial charge in [-0.15, -0.1) is 0 Å². The van der Waals surface area contributed by atoms with Gasteiger partial charge in [0.05, 0.1) is 24.7 Å². The van der Waals surface area contributed by atoms with Crippen molar-refractivity contribution in [3.63, 3.8) is 0 Å². The number of rotatable bonds is 7. The Bertz CT molecular complexity index is 1240. The molecule has 5 rings (SSSR count). The van der Waals surface area contributed by atoms with Crippen LogP contribution < -0.4 is 11.1 Å². The highest BCUT2D eigenvalue weighted by atomic mass is 19.1. The molecule has 8 heteroatoms. The topological polar surface area (TPSA) is 102 Å². The second kappa shape index (κ2) is 9.56. The van der Waals surface area contributed by atoms with E-state index in [1.54, 1.807) is 49.1 Å². The van der Waals surface area contributed by atoms with E-state index in [-0.39, 0.29) is 35.5 Å². The van der Waals surface area contributed by atoms with E-state index >= 15 is 0 Å². The molecule has 2 aliphatic heterocycles. The van der Waals surface area contributed by atoms with E-state index in [0.717, 1.165) is 18.4 Å². The number of nitrogens with one attached hydrogen (secondary N) is 1. The SMILES string of the molecule is Cc1ccc([C@H](NC(=O)[C@H]2C[C@H]3CC[C@H]3N2C(=O)c2cccc(C(C)(C)C(N)=O)c2)C2COC2)c(F)c1. The molecule has 2 aromatic carbocycles. The molecule has 1 saturated carbocycles. The Morgan fingerprint density at radius 1 is 1.14 bits per heavy atom. The molecule has 196 valence electrons. The van der Waals surface area contributed by atoms with Crippen LogP contribution >= 0.6 is 0 Å². The van der Waals surface area contributed by atoms with Gasteiger partial charge in [-0.1, -0.05) is 24.3 Å². The lowest BCUT2D eigenvalue weighted by atomic mass is 9.80. The Labute approximate surface area is 216 Å². The lowest BCUT2D eigenvalue weighted by Crippen LogP contribution is -2.53. The van der Waals surface area contributed by atoms with E-state index < -0.39 is 23.4 Å². The number of hydrogen-bond donors (Lipinski definition) is 2. The summed E-state index contributed by atoms with van der Waals surface area (Å²) >= 11 is 0. The van der Waals surface area contributed by atoms with E-state index in [1.165, 1.54) is 6.07 Å². The van der Waals surface area contributed by atoms with Gasteiger partial charge in [-0.25, -0.2) is 4.39 Å². The van der Waals surface area contributed by atoms with Crippen LogP contribution in [0.3, 0.4) is 0 Å². The molecule has 3 aliphatic rings. The van der Waals surface area contributed by atoms with E-state index in [1.807, 2.05) is 13.0 Å². The number of amides is 3. The number of hydrogen-bond acceptors (Lipinski definition) is 4. The number of fused-ring (bicyclic) bond motifs is 1. The number of nitrogens with zero attached hydrogens (tertiary/aromatic N) is 1. The summed E-state index contributed by atoms with van der Waals surface area (Å²) in [6, 6.07) is 10.8. The molecular weight excluding hydrogens is 473 g/mol. The minimum Gasteiger partial charge on any atom is -0.381 e. The summed E-state index contributed by atoms with van der Waals surface area (Å²) in [7, 11) is 0. The van der Waals surface area contributed by atoms with Crippen molar-refractivity contribution < 1.29 is 23.5 Å². The van der Waals surface area contributed by atoms with Crippen LogP contribution in [-0.2, 0) is 19.7 Å². The predicted molar refractivity (Wildman–Crippen MR) is 136 cm³/mol. The Morgan fingerprint density at radius 3 is 2.49 bits per heavy atom. The molecule has 0 radical (unpaired) electrons. The Kier molecular flexibility index (Phi) is 6.56. The fraction of sp³-hybridized carbons (Fsp3) is 0.483. The van der Waals surface area contributed by atoms with Crippen LogP contribution in [0, 0.1) is 24.6 Å². The zero-order valence-electron chi connectivity index (χ0n) is 21.5. The zero-order valence-corrected chi connectivity index (χ0v) is 21.5. The molecule has 2 heterocycles. The zero-order chi connectivity index (χ0) is 26.5. The van der Waals surface area contributed by atoms with Crippen LogP contribution in [0.1, 0.15) is 66.2 Å². The summed E-state index contributed by atoms with van der Waals surface area (Å²) in [5, 5.41) is 3.08. The van der Waals surface area contributed by atoms with Crippen molar-refractivity contribution >= 4 is 17.7 Å². The predicted octanol–water partition coefficient (Wildman–Crippen LogP) is 3.39. The maximum Gasteiger partial charge on any atom is 0.254 e. The molecule has 4 atom stereocenters. The van der Waals surface area contributed by atoms with Gasteiger partial charge in [-0.05, 0) is 75.3 Å². The van der Waals surface area contributed by atoms with Crippen LogP contribution in [0.15, 0.2) is 42.5 Å². The number of nitrogens with two attached hydrogens (primary N) is 1. The number of primary amides is 1. The van der Waals surface area contributed by atoms with Crippen molar-refractivity contribution in [2.24, 2.45) is 17.6 Å². The summed E-state index contributed by atoms with van der Waals surface area (Å²) in [5.74, 6) is -1.11. The Hall–Kier alpha value is -3.26. The highest BCUT2D eigenvalue weighted by Crippen LogP contribution is 2.45. The van der Waals surface area contributed by atoms with Crippen molar-refractivity contribution in [1.29, 1.82) is 0 Å². The third-order valence-electron chi connectivity index (χ3n) is 8.50. The number of carbonyl (C=O) groups is 3. The maximum atomic E-state index is 14.9. The van der Waals surface area contributed by atoms with E-state index in [9.17, 15) is 18.8 Å². The first-order valence-corrected chi connectivity index (χ1v) is 12.9. The molecule has 1 aliphatic carbocycles. The summed E-state index contributed by atoms with van der Waals surface area (Å²) in [4.78, 5) is 41.2. The maximum absolute atomic E-state index is 14.9. The van der Waals surface area contributed by atoms with Crippen LogP contribution in [-0.4, -0.2) is 47.9 Å². The van der Waals surface area contributed by atoms with Gasteiger partial charge in [0.2, 0.25) is 11.8 Å². The van der Waals surface area contributed by atoms with Gasteiger partial charge in [-0.2, -0.15) is 0 Å². The number of aryl methyl sites for hydroxylation is 1. The molecule has 0 unspecified atom stereocenters. The van der Waals surface area contributed by atoms with Crippen LogP contribution in [0.5, 0.6) is 0 Å². The van der Waals surface area contributed by atoms with Crippen LogP contribution in [0.2, 0.25) is 0 Å². The number of ether oxygens (including phenoxy) is 1. The van der Waals surface area contributed by atoms with Gasteiger partial charge in [0.25, 0.3) is 5.91 Å². The standard InChI is InChI=1S/C29H34FN3O4/c1-16-7-9-21(22(30)11-16)25(19-14-37-15-19)32-26(34)24-13-17-8-10-23(17)33(24)27(35)18-5-4-6-20(12-18)29(2,3)28(31)36/h4-7,9,11-12,17,19,23-25H,8,10,13-15H2,1-3H3,(H2,31,36)(H,32,34)/t17-,23-,24-,25-/m1/s1. The lowest BCUT2D eigenvalue weighted by Gasteiger charge is -2.38. The fourth-order valence-corrected chi connectivity index (χ4v) is 5.71. The summed E-state index contributed by atoms with van der Waals surface area (Å²) < 4.78 is 20.3. The molecule has 3 N–H and O–H groups in total. The largest absolute Gasteiger partial charge is 0.381 e. The van der Waals surface area contributed by atoms with E-state index in [0.29, 0.717) is 36.3 Å². The monoisotopic (exact) mass is 507 g/mol. The van der Waals surface area contributed by atoms with Gasteiger partial charge < -0.3 is 20.7 Å². The Balaban J connectivity index is 1.41. The molecule has 2 saturated heterocycles. The first kappa shape index (κ1) is 25.4. The molecule has 3 fully saturated rings. The van der Waals surface area contributed by atoms with Gasteiger partial charge in [-0.3, -0.25) is 14.4 Å². The van der Waals surface area contributed by atoms with Crippen molar-refractivity contribution in [2.75, 3.05) is 13.2 Å². The Morgan fingerprint density at radius 2 is 1.89 bits per heavy atom. The summed E-state index contributed by atoms with van der Waals surface area (Å²) in [5.41, 5.74) is 6.97.